The summed E-state index contributed by atoms with van der Waals surface area (Å²) in [7, 11) is 0. The highest BCUT2D eigenvalue weighted by molar-refractivity contribution is 7.99. The maximum absolute atomic E-state index is 4.18. The van der Waals surface area contributed by atoms with Crippen molar-refractivity contribution in [2.24, 2.45) is 0 Å². The topological polar surface area (TPSA) is 25.8 Å². The van der Waals surface area contributed by atoms with E-state index in [1.165, 1.54) is 0 Å². The Bertz CT molecular complexity index is 420. The van der Waals surface area contributed by atoms with Crippen molar-refractivity contribution in [2.75, 3.05) is 5.75 Å². The minimum Gasteiger partial charge on any atom is -0.149 e. The predicted octanol–water partition coefficient (Wildman–Crippen LogP) is 3.48. The number of rotatable bonds is 4. The lowest BCUT2D eigenvalue weighted by Gasteiger charge is -1.98. The van der Waals surface area contributed by atoms with Crippen molar-refractivity contribution in [1.29, 1.82) is 0 Å². The SMILES string of the molecule is C=CCSc1ccc(-c2cccs2)nn1. The molecular formula is C11H10N2S2. The zero-order chi connectivity index (χ0) is 10.5. The highest BCUT2D eigenvalue weighted by atomic mass is 32.2. The van der Waals surface area contributed by atoms with Crippen LogP contribution in [0.2, 0.25) is 0 Å². The summed E-state index contributed by atoms with van der Waals surface area (Å²) in [6.07, 6.45) is 1.86. The molecule has 0 N–H and O–H groups in total. The Labute approximate surface area is 97.1 Å². The summed E-state index contributed by atoms with van der Waals surface area (Å²) in [6.45, 7) is 3.67. The Morgan fingerprint density at radius 2 is 2.27 bits per heavy atom. The van der Waals surface area contributed by atoms with Crippen molar-refractivity contribution in [3.05, 3.63) is 42.3 Å². The molecule has 2 rings (SSSR count). The molecule has 0 saturated heterocycles. The lowest BCUT2D eigenvalue weighted by molar-refractivity contribution is 0.938. The van der Waals surface area contributed by atoms with Crippen LogP contribution in [-0.4, -0.2) is 16.0 Å². The maximum Gasteiger partial charge on any atom is 0.119 e. The van der Waals surface area contributed by atoms with E-state index in [0.29, 0.717) is 0 Å². The molecule has 0 fully saturated rings. The smallest absolute Gasteiger partial charge is 0.119 e. The van der Waals surface area contributed by atoms with Crippen molar-refractivity contribution in [1.82, 2.24) is 10.2 Å². The van der Waals surface area contributed by atoms with Crippen LogP contribution in [0, 0.1) is 0 Å². The molecule has 0 amide bonds. The molecule has 0 aliphatic rings. The summed E-state index contributed by atoms with van der Waals surface area (Å²) in [5, 5.41) is 11.3. The number of hydrogen-bond donors (Lipinski definition) is 0. The van der Waals surface area contributed by atoms with E-state index < -0.39 is 0 Å². The monoisotopic (exact) mass is 234 g/mol. The first-order valence-electron chi connectivity index (χ1n) is 4.51. The Hall–Kier alpha value is -1.13. The van der Waals surface area contributed by atoms with Gasteiger partial charge in [-0.3, -0.25) is 0 Å². The molecule has 2 heterocycles. The molecule has 0 aromatic carbocycles. The van der Waals surface area contributed by atoms with Gasteiger partial charge in [-0.1, -0.05) is 12.1 Å². The van der Waals surface area contributed by atoms with Gasteiger partial charge in [0.2, 0.25) is 0 Å². The van der Waals surface area contributed by atoms with Crippen molar-refractivity contribution < 1.29 is 0 Å². The average molecular weight is 234 g/mol. The third-order valence-electron chi connectivity index (χ3n) is 1.76. The molecule has 0 aliphatic carbocycles. The van der Waals surface area contributed by atoms with Crippen LogP contribution >= 0.6 is 23.1 Å². The molecule has 76 valence electrons. The predicted molar refractivity (Wildman–Crippen MR) is 66.3 cm³/mol. The van der Waals surface area contributed by atoms with Crippen molar-refractivity contribution in [2.45, 2.75) is 5.03 Å². The van der Waals surface area contributed by atoms with Crippen LogP contribution in [-0.2, 0) is 0 Å². The van der Waals surface area contributed by atoms with Crippen molar-refractivity contribution in [3.8, 4) is 10.6 Å². The third kappa shape index (κ3) is 2.67. The van der Waals surface area contributed by atoms with Gasteiger partial charge in [-0.25, -0.2) is 0 Å². The van der Waals surface area contributed by atoms with E-state index in [1.54, 1.807) is 23.1 Å². The summed E-state index contributed by atoms with van der Waals surface area (Å²) in [5.74, 6) is 0.868. The number of hydrogen-bond acceptors (Lipinski definition) is 4. The van der Waals surface area contributed by atoms with Crippen LogP contribution < -0.4 is 0 Å². The van der Waals surface area contributed by atoms with Gasteiger partial charge in [-0.2, -0.15) is 0 Å². The molecule has 0 spiro atoms. The summed E-state index contributed by atoms with van der Waals surface area (Å²) in [6, 6.07) is 8.06. The van der Waals surface area contributed by atoms with Gasteiger partial charge in [0, 0.05) is 5.75 Å². The first-order chi connectivity index (χ1) is 7.40. The van der Waals surface area contributed by atoms with E-state index in [0.717, 1.165) is 21.3 Å². The van der Waals surface area contributed by atoms with Crippen molar-refractivity contribution >= 4 is 23.1 Å². The first kappa shape index (κ1) is 10.4. The van der Waals surface area contributed by atoms with Gasteiger partial charge in [0.15, 0.2) is 0 Å². The van der Waals surface area contributed by atoms with Crippen molar-refractivity contribution in [3.63, 3.8) is 0 Å². The van der Waals surface area contributed by atoms with Crippen LogP contribution in [0.1, 0.15) is 0 Å². The van der Waals surface area contributed by atoms with Gasteiger partial charge in [-0.05, 0) is 23.6 Å². The third-order valence-corrected chi connectivity index (χ3v) is 3.57. The molecule has 15 heavy (non-hydrogen) atoms. The molecule has 2 aromatic heterocycles. The molecule has 0 radical (unpaired) electrons. The van der Waals surface area contributed by atoms with Gasteiger partial charge >= 0.3 is 0 Å². The number of nitrogens with zero attached hydrogens (tertiary/aromatic N) is 2. The highest BCUT2D eigenvalue weighted by Gasteiger charge is 2.01. The molecule has 0 unspecified atom stereocenters. The van der Waals surface area contributed by atoms with Crippen LogP contribution in [0.4, 0.5) is 0 Å². The minimum absolute atomic E-state index is 0.868. The fourth-order valence-corrected chi connectivity index (χ4v) is 2.34. The van der Waals surface area contributed by atoms with E-state index in [1.807, 2.05) is 35.7 Å². The fraction of sp³-hybridized carbons (Fsp3) is 0.0909. The molecule has 2 aromatic rings. The molecule has 0 atom stereocenters. The summed E-state index contributed by atoms with van der Waals surface area (Å²) >= 11 is 3.31. The number of aromatic nitrogens is 2. The molecule has 2 nitrogen and oxygen atoms in total. The second kappa shape index (κ2) is 5.09. The van der Waals surface area contributed by atoms with Crippen LogP contribution in [0.15, 0.2) is 47.3 Å². The normalized spacial score (nSPS) is 10.1. The van der Waals surface area contributed by atoms with Gasteiger partial charge in [-0.15, -0.1) is 39.9 Å². The summed E-state index contributed by atoms with van der Waals surface area (Å²) in [5.41, 5.74) is 0.938. The molecule has 0 saturated carbocycles. The Morgan fingerprint density at radius 1 is 1.33 bits per heavy atom. The van der Waals surface area contributed by atoms with E-state index in [2.05, 4.69) is 16.8 Å². The Balaban J connectivity index is 2.14. The fourth-order valence-electron chi connectivity index (χ4n) is 1.10. The largest absolute Gasteiger partial charge is 0.149 e. The second-order valence-corrected chi connectivity index (χ2v) is 4.82. The molecular weight excluding hydrogens is 224 g/mol. The van der Waals surface area contributed by atoms with Crippen LogP contribution in [0.25, 0.3) is 10.6 Å². The summed E-state index contributed by atoms with van der Waals surface area (Å²) in [4.78, 5) is 1.16. The lowest BCUT2D eigenvalue weighted by atomic mass is 10.3. The van der Waals surface area contributed by atoms with Crippen LogP contribution in [0.3, 0.4) is 0 Å². The molecule has 0 aliphatic heterocycles. The Kier molecular flexibility index (Phi) is 3.53. The van der Waals surface area contributed by atoms with Gasteiger partial charge in [0.05, 0.1) is 4.88 Å². The van der Waals surface area contributed by atoms with E-state index in [9.17, 15) is 0 Å². The molecule has 4 heteroatoms. The van der Waals surface area contributed by atoms with E-state index in [-0.39, 0.29) is 0 Å². The van der Waals surface area contributed by atoms with Gasteiger partial charge < -0.3 is 0 Å². The molecule has 0 bridgehead atoms. The Morgan fingerprint density at radius 3 is 2.87 bits per heavy atom. The second-order valence-electron chi connectivity index (χ2n) is 2.83. The number of thiophene rings is 1. The van der Waals surface area contributed by atoms with Gasteiger partial charge in [0.25, 0.3) is 0 Å². The lowest BCUT2D eigenvalue weighted by Crippen LogP contribution is -1.87. The maximum atomic E-state index is 4.18. The van der Waals surface area contributed by atoms with E-state index in [4.69, 9.17) is 0 Å². The quantitative estimate of drug-likeness (QED) is 0.598. The first-order valence-corrected chi connectivity index (χ1v) is 6.38. The summed E-state index contributed by atoms with van der Waals surface area (Å²) < 4.78 is 0. The average Bonchev–Trinajstić information content (AvgIpc) is 2.80. The van der Waals surface area contributed by atoms with Gasteiger partial charge in [0.1, 0.15) is 10.7 Å². The zero-order valence-corrected chi connectivity index (χ0v) is 9.72. The number of thioether (sulfide) groups is 1. The van der Waals surface area contributed by atoms with E-state index >= 15 is 0 Å². The standard InChI is InChI=1S/C11H10N2S2/c1-2-7-15-11-6-5-9(12-13-11)10-4-3-8-14-10/h2-6,8H,1,7H2. The van der Waals surface area contributed by atoms with Crippen LogP contribution in [0.5, 0.6) is 0 Å². The zero-order valence-electron chi connectivity index (χ0n) is 8.09. The minimum atomic E-state index is 0.868. The highest BCUT2D eigenvalue weighted by Crippen LogP contribution is 2.23.